The van der Waals surface area contributed by atoms with E-state index in [1.807, 2.05) is 36.4 Å². The van der Waals surface area contributed by atoms with Gasteiger partial charge in [0.15, 0.2) is 12.4 Å². The molecule has 0 saturated heterocycles. The molecule has 1 heterocycles. The molecule has 29 heavy (non-hydrogen) atoms. The second-order valence-corrected chi connectivity index (χ2v) is 7.08. The van der Waals surface area contributed by atoms with E-state index in [0.717, 1.165) is 22.5 Å². The first-order valence-corrected chi connectivity index (χ1v) is 9.91. The average Bonchev–Trinajstić information content (AvgIpc) is 3.11. The van der Waals surface area contributed by atoms with E-state index in [0.29, 0.717) is 17.3 Å². The summed E-state index contributed by atoms with van der Waals surface area (Å²) in [6.07, 6.45) is 0. The molecule has 0 saturated carbocycles. The van der Waals surface area contributed by atoms with E-state index in [-0.39, 0.29) is 17.4 Å². The summed E-state index contributed by atoms with van der Waals surface area (Å²) in [7, 11) is 0. The Labute approximate surface area is 171 Å². The number of thioether (sulfide) groups is 1. The minimum atomic E-state index is -0.576. The molecule has 0 aliphatic carbocycles. The van der Waals surface area contributed by atoms with E-state index < -0.39 is 18.5 Å². The second kappa shape index (κ2) is 9.74. The van der Waals surface area contributed by atoms with Crippen molar-refractivity contribution in [1.29, 1.82) is 0 Å². The fourth-order valence-corrected chi connectivity index (χ4v) is 3.15. The lowest BCUT2D eigenvalue weighted by Crippen LogP contribution is -2.22. The lowest BCUT2D eigenvalue weighted by atomic mass is 10.1. The highest BCUT2D eigenvalue weighted by atomic mass is 32.2. The molecule has 0 aliphatic heterocycles. The number of fused-ring (bicyclic) bond motifs is 1. The lowest BCUT2D eigenvalue weighted by molar-refractivity contribution is -0.144. The van der Waals surface area contributed by atoms with Crippen LogP contribution in [0.3, 0.4) is 0 Å². The smallest absolute Gasteiger partial charge is 0.316 e. The summed E-state index contributed by atoms with van der Waals surface area (Å²) in [4.78, 5) is 35.6. The predicted octanol–water partition coefficient (Wildman–Crippen LogP) is 2.99. The molecule has 2 N–H and O–H groups in total. The Bertz CT molecular complexity index is 1030. The average molecular weight is 413 g/mol. The highest BCUT2D eigenvalue weighted by Crippen LogP contribution is 2.22. The van der Waals surface area contributed by atoms with Crippen molar-refractivity contribution in [3.05, 3.63) is 54.3 Å². The van der Waals surface area contributed by atoms with Gasteiger partial charge >= 0.3 is 5.97 Å². The summed E-state index contributed by atoms with van der Waals surface area (Å²) in [5, 5.41) is 10.8. The number of ether oxygens (including phenoxy) is 1. The second-order valence-electron chi connectivity index (χ2n) is 6.10. The third-order valence-electron chi connectivity index (χ3n) is 3.78. The number of nitrogens with one attached hydrogen (secondary N) is 2. The van der Waals surface area contributed by atoms with Crippen LogP contribution >= 0.6 is 11.8 Å². The third kappa shape index (κ3) is 6.08. The molecule has 1 aromatic heterocycles. The van der Waals surface area contributed by atoms with Crippen molar-refractivity contribution in [2.45, 2.75) is 6.92 Å². The summed E-state index contributed by atoms with van der Waals surface area (Å²) in [5.74, 6) is -0.424. The zero-order valence-corrected chi connectivity index (χ0v) is 16.5. The molecule has 3 rings (SSSR count). The van der Waals surface area contributed by atoms with Crippen LogP contribution < -0.4 is 10.6 Å². The van der Waals surface area contributed by atoms with E-state index in [2.05, 4.69) is 15.8 Å². The third-order valence-corrected chi connectivity index (χ3v) is 4.68. The summed E-state index contributed by atoms with van der Waals surface area (Å²) < 4.78 is 9.81. The first kappa shape index (κ1) is 20.4. The standard InChI is InChI=1S/C20H19N3O5S/c1-13-9-17(23-28-13)22-19(25)11-29-12-20(26)27-10-18(24)21-16-8-4-6-14-5-2-3-7-15(14)16/h2-9H,10-12H2,1H3,(H,21,24)(H,22,23,25). The highest BCUT2D eigenvalue weighted by molar-refractivity contribution is 8.00. The van der Waals surface area contributed by atoms with E-state index in [1.54, 1.807) is 19.1 Å². The van der Waals surface area contributed by atoms with E-state index in [4.69, 9.17) is 9.26 Å². The van der Waals surface area contributed by atoms with Gasteiger partial charge in [-0.2, -0.15) is 0 Å². The lowest BCUT2D eigenvalue weighted by Gasteiger charge is -2.09. The van der Waals surface area contributed by atoms with Gasteiger partial charge in [-0.05, 0) is 18.4 Å². The Hall–Kier alpha value is -3.33. The first-order valence-electron chi connectivity index (χ1n) is 8.75. The van der Waals surface area contributed by atoms with Gasteiger partial charge in [-0.25, -0.2) is 0 Å². The van der Waals surface area contributed by atoms with Crippen LogP contribution in [-0.4, -0.2) is 41.1 Å². The van der Waals surface area contributed by atoms with Gasteiger partial charge in [0.2, 0.25) is 5.91 Å². The van der Waals surface area contributed by atoms with E-state index in [1.165, 1.54) is 0 Å². The van der Waals surface area contributed by atoms with Crippen molar-refractivity contribution < 1.29 is 23.6 Å². The molecule has 0 atom stereocenters. The number of aromatic nitrogens is 1. The van der Waals surface area contributed by atoms with E-state index in [9.17, 15) is 14.4 Å². The number of hydrogen-bond acceptors (Lipinski definition) is 7. The van der Waals surface area contributed by atoms with Crippen LogP contribution in [0.1, 0.15) is 5.76 Å². The van der Waals surface area contributed by atoms with Crippen LogP contribution in [-0.2, 0) is 19.1 Å². The maximum absolute atomic E-state index is 12.1. The number of aryl methyl sites for hydroxylation is 1. The Balaban J connectivity index is 1.37. The number of benzene rings is 2. The van der Waals surface area contributed by atoms with Crippen molar-refractivity contribution >= 4 is 51.8 Å². The fourth-order valence-electron chi connectivity index (χ4n) is 2.54. The summed E-state index contributed by atoms with van der Waals surface area (Å²) in [5.41, 5.74) is 0.651. The molecule has 0 spiro atoms. The molecule has 0 radical (unpaired) electrons. The molecule has 0 bridgehead atoms. The topological polar surface area (TPSA) is 111 Å². The molecule has 2 amide bonds. The van der Waals surface area contributed by atoms with Crippen molar-refractivity contribution in [3.8, 4) is 0 Å². The molecular formula is C20H19N3O5S. The van der Waals surface area contributed by atoms with Gasteiger partial charge < -0.3 is 19.9 Å². The van der Waals surface area contributed by atoms with Gasteiger partial charge in [-0.1, -0.05) is 41.6 Å². The van der Waals surface area contributed by atoms with Crippen LogP contribution in [0.15, 0.2) is 53.1 Å². The number of hydrogen-bond donors (Lipinski definition) is 2. The fraction of sp³-hybridized carbons (Fsp3) is 0.200. The molecule has 2 aromatic carbocycles. The monoisotopic (exact) mass is 413 g/mol. The number of esters is 1. The molecule has 8 nitrogen and oxygen atoms in total. The number of anilines is 2. The van der Waals surface area contributed by atoms with Crippen LogP contribution in [0, 0.1) is 6.92 Å². The summed E-state index contributed by atoms with van der Waals surface area (Å²) >= 11 is 1.08. The van der Waals surface area contributed by atoms with Crippen molar-refractivity contribution in [1.82, 2.24) is 5.16 Å². The van der Waals surface area contributed by atoms with Gasteiger partial charge in [-0.3, -0.25) is 14.4 Å². The zero-order chi connectivity index (χ0) is 20.6. The molecule has 0 fully saturated rings. The normalized spacial score (nSPS) is 10.5. The Kier molecular flexibility index (Phi) is 6.85. The SMILES string of the molecule is Cc1cc(NC(=O)CSCC(=O)OCC(=O)Nc2cccc3ccccc23)no1. The number of carbonyl (C=O) groups excluding carboxylic acids is 3. The largest absolute Gasteiger partial charge is 0.455 e. The number of amides is 2. The van der Waals surface area contributed by atoms with Crippen LogP contribution in [0.4, 0.5) is 11.5 Å². The number of carbonyl (C=O) groups is 3. The van der Waals surface area contributed by atoms with Crippen LogP contribution in [0.2, 0.25) is 0 Å². The Morgan fingerprint density at radius 3 is 2.62 bits per heavy atom. The van der Waals surface area contributed by atoms with Gasteiger partial charge in [0.05, 0.1) is 11.5 Å². The van der Waals surface area contributed by atoms with Gasteiger partial charge in [0, 0.05) is 17.1 Å². The van der Waals surface area contributed by atoms with Crippen molar-refractivity contribution in [2.75, 3.05) is 28.7 Å². The van der Waals surface area contributed by atoms with Crippen LogP contribution in [0.25, 0.3) is 10.8 Å². The maximum Gasteiger partial charge on any atom is 0.316 e. The van der Waals surface area contributed by atoms with Gasteiger partial charge in [0.25, 0.3) is 5.91 Å². The Morgan fingerprint density at radius 2 is 1.83 bits per heavy atom. The van der Waals surface area contributed by atoms with E-state index >= 15 is 0 Å². The highest BCUT2D eigenvalue weighted by Gasteiger charge is 2.11. The molecule has 150 valence electrons. The molecule has 9 heteroatoms. The van der Waals surface area contributed by atoms with Gasteiger partial charge in [-0.15, -0.1) is 11.8 Å². The molecule has 0 unspecified atom stereocenters. The quantitative estimate of drug-likeness (QED) is 0.546. The minimum Gasteiger partial charge on any atom is -0.455 e. The van der Waals surface area contributed by atoms with Crippen molar-refractivity contribution in [3.63, 3.8) is 0 Å². The maximum atomic E-state index is 12.1. The van der Waals surface area contributed by atoms with Crippen LogP contribution in [0.5, 0.6) is 0 Å². The number of nitrogens with zero attached hydrogens (tertiary/aromatic N) is 1. The first-order chi connectivity index (χ1) is 14.0. The zero-order valence-electron chi connectivity index (χ0n) is 15.6. The molecule has 3 aromatic rings. The Morgan fingerprint density at radius 1 is 1.03 bits per heavy atom. The minimum absolute atomic E-state index is 0.0448. The van der Waals surface area contributed by atoms with Gasteiger partial charge in [0.1, 0.15) is 5.76 Å². The molecule has 0 aliphatic rings. The number of rotatable bonds is 8. The summed E-state index contributed by atoms with van der Waals surface area (Å²) in [6.45, 7) is 1.32. The predicted molar refractivity (Wildman–Crippen MR) is 111 cm³/mol. The van der Waals surface area contributed by atoms with Crippen molar-refractivity contribution in [2.24, 2.45) is 0 Å². The summed E-state index contributed by atoms with van der Waals surface area (Å²) in [6, 6.07) is 14.8. The molecular weight excluding hydrogens is 394 g/mol.